The first-order chi connectivity index (χ1) is 16.6. The molecule has 212 valence electrons. The number of carbonyl (C=O) groups excluding carboxylic acids is 2. The molecule has 37 heavy (non-hydrogen) atoms. The molecule has 2 aliphatic carbocycles. The van der Waals surface area contributed by atoms with Crippen molar-refractivity contribution in [2.45, 2.75) is 121 Å². The number of halogens is 1. The minimum atomic E-state index is -2.20. The topological polar surface area (TPSA) is 117 Å². The summed E-state index contributed by atoms with van der Waals surface area (Å²) in [7, 11) is 0. The van der Waals surface area contributed by atoms with Crippen LogP contribution in [0.15, 0.2) is 12.7 Å². The van der Waals surface area contributed by atoms with Gasteiger partial charge >= 0.3 is 5.97 Å². The average Bonchev–Trinajstić information content (AvgIpc) is 2.83. The van der Waals surface area contributed by atoms with Crippen molar-refractivity contribution in [1.29, 1.82) is 0 Å². The van der Waals surface area contributed by atoms with Gasteiger partial charge in [-0.3, -0.25) is 14.5 Å². The van der Waals surface area contributed by atoms with Crippen LogP contribution in [0.4, 0.5) is 0 Å². The van der Waals surface area contributed by atoms with E-state index in [-0.39, 0.29) is 18.8 Å². The van der Waals surface area contributed by atoms with Crippen LogP contribution >= 0.6 is 12.4 Å². The van der Waals surface area contributed by atoms with E-state index in [1.165, 1.54) is 13.0 Å². The molecule has 0 spiro atoms. The fourth-order valence-electron chi connectivity index (χ4n) is 8.09. The summed E-state index contributed by atoms with van der Waals surface area (Å²) >= 11 is 0. The smallest absolute Gasteiger partial charge is 0.323 e. The fraction of sp³-hybridized carbons (Fsp3) is 0.857. The SMILES string of the molecule is C=C[C@@]1(C)CC(=O)[C@]2(O)[C@@]3(C)[C@@H](O)CCC(C)(C)[C@@H]3[C@H](OC(=O)C(C)N3CCCCC3)[C@H](O)[C@@]2(C)O1.Cl. The normalized spacial score (nSPS) is 46.6. The first kappa shape index (κ1) is 30.5. The zero-order chi connectivity index (χ0) is 26.9. The van der Waals surface area contributed by atoms with Gasteiger partial charge in [0, 0.05) is 17.8 Å². The fourth-order valence-corrected chi connectivity index (χ4v) is 8.09. The molecule has 4 rings (SSSR count). The molecule has 9 atom stereocenters. The van der Waals surface area contributed by atoms with Crippen LogP contribution in [0, 0.1) is 16.7 Å². The third-order valence-electron chi connectivity index (χ3n) is 10.3. The highest BCUT2D eigenvalue weighted by atomic mass is 35.5. The van der Waals surface area contributed by atoms with E-state index in [0.717, 1.165) is 32.4 Å². The molecule has 4 aliphatic rings. The van der Waals surface area contributed by atoms with Crippen molar-refractivity contribution < 1.29 is 34.4 Å². The Morgan fingerprint density at radius 3 is 2.32 bits per heavy atom. The Hall–Kier alpha value is -1.03. The van der Waals surface area contributed by atoms with Crippen molar-refractivity contribution in [1.82, 2.24) is 4.90 Å². The van der Waals surface area contributed by atoms with Crippen molar-refractivity contribution in [3.8, 4) is 0 Å². The molecule has 8 nitrogen and oxygen atoms in total. The second-order valence-electron chi connectivity index (χ2n) is 13.0. The third-order valence-corrected chi connectivity index (χ3v) is 10.3. The molecule has 0 aromatic heterocycles. The van der Waals surface area contributed by atoms with Crippen LogP contribution in [0.1, 0.15) is 80.1 Å². The maximum Gasteiger partial charge on any atom is 0.323 e. The second-order valence-corrected chi connectivity index (χ2v) is 13.0. The molecule has 1 unspecified atom stereocenters. The van der Waals surface area contributed by atoms with Gasteiger partial charge in [-0.25, -0.2) is 0 Å². The lowest BCUT2D eigenvalue weighted by atomic mass is 9.40. The van der Waals surface area contributed by atoms with Gasteiger partial charge in [-0.15, -0.1) is 19.0 Å². The number of aliphatic hydroxyl groups is 3. The Kier molecular flexibility index (Phi) is 8.13. The zero-order valence-corrected chi connectivity index (χ0v) is 24.0. The van der Waals surface area contributed by atoms with E-state index in [9.17, 15) is 24.9 Å². The van der Waals surface area contributed by atoms with E-state index < -0.39 is 69.7 Å². The lowest BCUT2D eigenvalue weighted by Gasteiger charge is -2.71. The highest BCUT2D eigenvalue weighted by Gasteiger charge is 2.81. The summed E-state index contributed by atoms with van der Waals surface area (Å²) in [6.07, 6.45) is 1.82. The van der Waals surface area contributed by atoms with Crippen LogP contribution in [-0.2, 0) is 19.1 Å². The minimum absolute atomic E-state index is 0. The van der Waals surface area contributed by atoms with E-state index in [4.69, 9.17) is 9.47 Å². The molecular formula is C28H46ClNO7. The summed E-state index contributed by atoms with van der Waals surface area (Å²) in [5.74, 6) is -1.66. The summed E-state index contributed by atoms with van der Waals surface area (Å²) in [5, 5.41) is 35.7. The average molecular weight is 544 g/mol. The van der Waals surface area contributed by atoms with Crippen LogP contribution in [0.25, 0.3) is 0 Å². The summed E-state index contributed by atoms with van der Waals surface area (Å²) in [6.45, 7) is 16.1. The van der Waals surface area contributed by atoms with Crippen molar-refractivity contribution >= 4 is 24.2 Å². The number of hydrogen-bond donors (Lipinski definition) is 3. The van der Waals surface area contributed by atoms with Crippen LogP contribution < -0.4 is 0 Å². The summed E-state index contributed by atoms with van der Waals surface area (Å²) in [4.78, 5) is 29.4. The molecule has 0 aromatic carbocycles. The number of piperidine rings is 1. The maximum atomic E-state index is 13.8. The van der Waals surface area contributed by atoms with Crippen molar-refractivity contribution in [3.05, 3.63) is 12.7 Å². The summed E-state index contributed by atoms with van der Waals surface area (Å²) < 4.78 is 12.5. The van der Waals surface area contributed by atoms with Gasteiger partial charge in [0.05, 0.1) is 11.7 Å². The molecule has 9 heteroatoms. The number of ether oxygens (including phenoxy) is 2. The quantitative estimate of drug-likeness (QED) is 0.366. The van der Waals surface area contributed by atoms with E-state index in [0.29, 0.717) is 12.8 Å². The lowest BCUT2D eigenvalue weighted by Crippen LogP contribution is -2.86. The van der Waals surface area contributed by atoms with E-state index in [1.807, 2.05) is 20.8 Å². The van der Waals surface area contributed by atoms with Crippen molar-refractivity contribution in [2.24, 2.45) is 16.7 Å². The van der Waals surface area contributed by atoms with Gasteiger partial charge in [0.15, 0.2) is 11.4 Å². The standard InChI is InChI=1S/C28H45NO7.ClH/c1-8-25(5)16-19(31)28(34)26(6)18(30)12-13-24(3,4)21(26)20(22(32)27(28,7)36-25)35-23(33)17(2)29-14-10-9-11-15-29;/h8,17-18,20-22,30,32,34H,1,9-16H2,2-7H3;1H/t17?,18-,20-,21-,22-,25-,26-,27+,28-;/m0./s1. The van der Waals surface area contributed by atoms with Gasteiger partial charge < -0.3 is 24.8 Å². The van der Waals surface area contributed by atoms with Gasteiger partial charge in [0.2, 0.25) is 0 Å². The second kappa shape index (κ2) is 9.86. The molecule has 0 bridgehead atoms. The van der Waals surface area contributed by atoms with E-state index in [1.54, 1.807) is 13.8 Å². The predicted molar refractivity (Wildman–Crippen MR) is 141 cm³/mol. The summed E-state index contributed by atoms with van der Waals surface area (Å²) in [5.41, 5.74) is -7.16. The van der Waals surface area contributed by atoms with Crippen LogP contribution in [0.2, 0.25) is 0 Å². The zero-order valence-electron chi connectivity index (χ0n) is 23.2. The van der Waals surface area contributed by atoms with Crippen LogP contribution in [0.5, 0.6) is 0 Å². The number of esters is 1. The summed E-state index contributed by atoms with van der Waals surface area (Å²) in [6, 6.07) is -0.499. The maximum absolute atomic E-state index is 13.8. The number of nitrogens with zero attached hydrogens (tertiary/aromatic N) is 1. The van der Waals surface area contributed by atoms with Crippen molar-refractivity contribution in [2.75, 3.05) is 13.1 Å². The Balaban J connectivity index is 0.00000380. The number of ketones is 1. The van der Waals surface area contributed by atoms with Gasteiger partial charge in [0.25, 0.3) is 0 Å². The predicted octanol–water partition coefficient (Wildman–Crippen LogP) is 2.80. The van der Waals surface area contributed by atoms with E-state index in [2.05, 4.69) is 11.5 Å². The molecule has 4 fully saturated rings. The number of rotatable bonds is 4. The largest absolute Gasteiger partial charge is 0.458 e. The van der Waals surface area contributed by atoms with Crippen LogP contribution in [0.3, 0.4) is 0 Å². The third kappa shape index (κ3) is 4.21. The number of fused-ring (bicyclic) bond motifs is 3. The first-order valence-electron chi connectivity index (χ1n) is 13.5. The Bertz CT molecular complexity index is 922. The van der Waals surface area contributed by atoms with Crippen LogP contribution in [-0.4, -0.2) is 86.2 Å². The molecule has 2 heterocycles. The lowest BCUT2D eigenvalue weighted by molar-refractivity contribution is -0.370. The van der Waals surface area contributed by atoms with Gasteiger partial charge in [-0.2, -0.15) is 0 Å². The van der Waals surface area contributed by atoms with Gasteiger partial charge in [-0.1, -0.05) is 33.3 Å². The molecular weight excluding hydrogens is 498 g/mol. The Morgan fingerprint density at radius 1 is 1.16 bits per heavy atom. The number of carbonyl (C=O) groups is 2. The Morgan fingerprint density at radius 2 is 1.76 bits per heavy atom. The van der Waals surface area contributed by atoms with E-state index >= 15 is 0 Å². The molecule has 2 saturated carbocycles. The number of likely N-dealkylation sites (tertiary alicyclic amines) is 1. The number of Topliss-reactive ketones (excluding diaryl/α,β-unsaturated/α-hetero) is 1. The Labute approximate surface area is 227 Å². The van der Waals surface area contributed by atoms with Crippen molar-refractivity contribution in [3.63, 3.8) is 0 Å². The van der Waals surface area contributed by atoms with Gasteiger partial charge in [0.1, 0.15) is 23.9 Å². The highest BCUT2D eigenvalue weighted by molar-refractivity contribution is 5.92. The first-order valence-corrected chi connectivity index (χ1v) is 13.5. The monoisotopic (exact) mass is 543 g/mol. The number of aliphatic hydroxyl groups excluding tert-OH is 2. The molecule has 3 N–H and O–H groups in total. The molecule has 0 radical (unpaired) electrons. The number of hydrogen-bond acceptors (Lipinski definition) is 8. The molecule has 2 saturated heterocycles. The van der Waals surface area contributed by atoms with Gasteiger partial charge in [-0.05, 0) is 65.0 Å². The molecule has 2 aliphatic heterocycles. The minimum Gasteiger partial charge on any atom is -0.458 e. The highest BCUT2D eigenvalue weighted by Crippen LogP contribution is 2.67. The molecule has 0 amide bonds. The molecule has 0 aromatic rings.